The lowest BCUT2D eigenvalue weighted by Crippen LogP contribution is -2.16. The molecular formula is C7H12O3. The number of ether oxygens (including phenoxy) is 3. The summed E-state index contributed by atoms with van der Waals surface area (Å²) in [4.78, 5) is 0. The molecule has 0 radical (unpaired) electrons. The molecule has 0 spiro atoms. The van der Waals surface area contributed by atoms with Gasteiger partial charge in [-0.15, -0.1) is 0 Å². The molecule has 58 valence electrons. The minimum atomic E-state index is -0.0848. The fraction of sp³-hybridized carbons (Fsp3) is 0.714. The highest BCUT2D eigenvalue weighted by molar-refractivity contribution is 4.63. The van der Waals surface area contributed by atoms with Gasteiger partial charge in [0.1, 0.15) is 12.7 Å². The Hall–Kier alpha value is -0.540. The molecule has 1 saturated heterocycles. The first-order valence-corrected chi connectivity index (χ1v) is 3.32. The Kier molecular flexibility index (Phi) is 2.71. The minimum absolute atomic E-state index is 0.0769. The van der Waals surface area contributed by atoms with Crippen LogP contribution in [0.4, 0.5) is 0 Å². The third kappa shape index (κ3) is 2.01. The molecule has 0 aliphatic carbocycles. The Balaban J connectivity index is 2.12. The normalized spacial score (nSPS) is 32.1. The van der Waals surface area contributed by atoms with Crippen LogP contribution in [-0.2, 0) is 14.2 Å². The van der Waals surface area contributed by atoms with Crippen LogP contribution in [0.3, 0.4) is 0 Å². The molecular weight excluding hydrogens is 132 g/mol. The second-order valence-electron chi connectivity index (χ2n) is 2.16. The first-order valence-electron chi connectivity index (χ1n) is 3.32. The Morgan fingerprint density at radius 1 is 1.80 bits per heavy atom. The van der Waals surface area contributed by atoms with E-state index in [1.807, 2.05) is 6.92 Å². The van der Waals surface area contributed by atoms with Gasteiger partial charge in [0.15, 0.2) is 6.29 Å². The second kappa shape index (κ2) is 3.58. The van der Waals surface area contributed by atoms with E-state index >= 15 is 0 Å². The van der Waals surface area contributed by atoms with E-state index < -0.39 is 0 Å². The first-order chi connectivity index (χ1) is 4.83. The molecule has 1 heterocycles. The largest absolute Gasteiger partial charge is 0.499 e. The Bertz CT molecular complexity index is 113. The Morgan fingerprint density at radius 2 is 2.60 bits per heavy atom. The highest BCUT2D eigenvalue weighted by atomic mass is 16.7. The van der Waals surface area contributed by atoms with Crippen molar-refractivity contribution in [1.29, 1.82) is 0 Å². The van der Waals surface area contributed by atoms with Gasteiger partial charge in [0, 0.05) is 0 Å². The zero-order valence-corrected chi connectivity index (χ0v) is 6.08. The molecule has 10 heavy (non-hydrogen) atoms. The van der Waals surface area contributed by atoms with Crippen molar-refractivity contribution in [1.82, 2.24) is 0 Å². The molecule has 1 aliphatic rings. The van der Waals surface area contributed by atoms with Crippen molar-refractivity contribution in [2.24, 2.45) is 0 Å². The van der Waals surface area contributed by atoms with E-state index in [9.17, 15) is 0 Å². The summed E-state index contributed by atoms with van der Waals surface area (Å²) in [6.07, 6.45) is 1.40. The van der Waals surface area contributed by atoms with Crippen molar-refractivity contribution >= 4 is 0 Å². The van der Waals surface area contributed by atoms with E-state index in [1.165, 1.54) is 6.26 Å². The van der Waals surface area contributed by atoms with Gasteiger partial charge in [-0.05, 0) is 6.92 Å². The molecule has 0 aromatic rings. The Morgan fingerprint density at radius 3 is 3.10 bits per heavy atom. The van der Waals surface area contributed by atoms with Crippen LogP contribution in [0.1, 0.15) is 6.92 Å². The van der Waals surface area contributed by atoms with Crippen molar-refractivity contribution in [3.05, 3.63) is 12.8 Å². The highest BCUT2D eigenvalue weighted by Gasteiger charge is 2.21. The van der Waals surface area contributed by atoms with Gasteiger partial charge in [0.05, 0.1) is 12.9 Å². The lowest BCUT2D eigenvalue weighted by atomic mass is 10.4. The fourth-order valence-corrected chi connectivity index (χ4v) is 0.855. The van der Waals surface area contributed by atoms with Gasteiger partial charge in [-0.1, -0.05) is 6.58 Å². The summed E-state index contributed by atoms with van der Waals surface area (Å²) in [7, 11) is 0. The maximum atomic E-state index is 5.27. The zero-order valence-electron chi connectivity index (χ0n) is 6.08. The van der Waals surface area contributed by atoms with Gasteiger partial charge < -0.3 is 14.2 Å². The monoisotopic (exact) mass is 144 g/mol. The van der Waals surface area contributed by atoms with Crippen molar-refractivity contribution in [2.45, 2.75) is 19.3 Å². The number of hydrogen-bond donors (Lipinski definition) is 0. The number of rotatable bonds is 3. The van der Waals surface area contributed by atoms with Gasteiger partial charge in [0.25, 0.3) is 0 Å². The van der Waals surface area contributed by atoms with Crippen LogP contribution < -0.4 is 0 Å². The molecule has 3 heteroatoms. The summed E-state index contributed by atoms with van der Waals surface area (Å²) >= 11 is 0. The third-order valence-electron chi connectivity index (χ3n) is 1.30. The summed E-state index contributed by atoms with van der Waals surface area (Å²) in [6.45, 7) is 6.45. The summed E-state index contributed by atoms with van der Waals surface area (Å²) in [6, 6.07) is 0. The smallest absolute Gasteiger partial charge is 0.155 e. The lowest BCUT2D eigenvalue weighted by Gasteiger charge is -2.06. The Labute approximate surface area is 60.6 Å². The molecule has 2 atom stereocenters. The molecule has 3 nitrogen and oxygen atoms in total. The van der Waals surface area contributed by atoms with Crippen LogP contribution >= 0.6 is 0 Å². The topological polar surface area (TPSA) is 27.7 Å². The van der Waals surface area contributed by atoms with Crippen molar-refractivity contribution in [3.8, 4) is 0 Å². The molecule has 0 bridgehead atoms. The van der Waals surface area contributed by atoms with Crippen LogP contribution in [0, 0.1) is 0 Å². The third-order valence-corrected chi connectivity index (χ3v) is 1.30. The SMILES string of the molecule is C=COC[C@@H]1CO[C@@H](C)O1. The predicted octanol–water partition coefficient (Wildman–Crippen LogP) is 0.908. The number of hydrogen-bond acceptors (Lipinski definition) is 3. The fourth-order valence-electron chi connectivity index (χ4n) is 0.855. The van der Waals surface area contributed by atoms with E-state index in [0.717, 1.165) is 0 Å². The molecule has 1 fully saturated rings. The van der Waals surface area contributed by atoms with E-state index in [2.05, 4.69) is 6.58 Å². The molecule has 1 rings (SSSR count). The van der Waals surface area contributed by atoms with Gasteiger partial charge in [-0.2, -0.15) is 0 Å². The molecule has 0 aromatic carbocycles. The van der Waals surface area contributed by atoms with Crippen LogP contribution in [-0.4, -0.2) is 25.6 Å². The summed E-state index contributed by atoms with van der Waals surface area (Å²) < 4.78 is 15.3. The highest BCUT2D eigenvalue weighted by Crippen LogP contribution is 2.10. The molecule has 0 aromatic heterocycles. The molecule has 0 saturated carbocycles. The zero-order chi connectivity index (χ0) is 7.40. The summed E-state index contributed by atoms with van der Waals surface area (Å²) in [5.41, 5.74) is 0. The van der Waals surface area contributed by atoms with Crippen molar-refractivity contribution in [3.63, 3.8) is 0 Å². The lowest BCUT2D eigenvalue weighted by molar-refractivity contribution is -0.0515. The van der Waals surface area contributed by atoms with E-state index in [-0.39, 0.29) is 12.4 Å². The first kappa shape index (κ1) is 7.57. The molecule has 0 amide bonds. The van der Waals surface area contributed by atoms with Gasteiger partial charge in [0.2, 0.25) is 0 Å². The summed E-state index contributed by atoms with van der Waals surface area (Å²) in [5, 5.41) is 0. The average Bonchev–Trinajstić information content (AvgIpc) is 2.31. The maximum absolute atomic E-state index is 5.27. The standard InChI is InChI=1S/C7H12O3/c1-3-8-4-7-5-9-6(2)10-7/h3,6-7H,1,4-5H2,2H3/t6-,7-/m1/s1. The quantitative estimate of drug-likeness (QED) is 0.551. The summed E-state index contributed by atoms with van der Waals surface area (Å²) in [5.74, 6) is 0. The van der Waals surface area contributed by atoms with Crippen molar-refractivity contribution < 1.29 is 14.2 Å². The van der Waals surface area contributed by atoms with Gasteiger partial charge >= 0.3 is 0 Å². The second-order valence-corrected chi connectivity index (χ2v) is 2.16. The van der Waals surface area contributed by atoms with Crippen LogP contribution in [0.15, 0.2) is 12.8 Å². The van der Waals surface area contributed by atoms with Gasteiger partial charge in [-0.3, -0.25) is 0 Å². The molecule has 1 aliphatic heterocycles. The maximum Gasteiger partial charge on any atom is 0.155 e. The van der Waals surface area contributed by atoms with Gasteiger partial charge in [-0.25, -0.2) is 0 Å². The van der Waals surface area contributed by atoms with E-state index in [4.69, 9.17) is 14.2 Å². The van der Waals surface area contributed by atoms with Crippen molar-refractivity contribution in [2.75, 3.05) is 13.2 Å². The minimum Gasteiger partial charge on any atom is -0.499 e. The molecule has 0 unspecified atom stereocenters. The molecule has 0 N–H and O–H groups in total. The average molecular weight is 144 g/mol. The van der Waals surface area contributed by atoms with E-state index in [1.54, 1.807) is 0 Å². The van der Waals surface area contributed by atoms with Crippen LogP contribution in [0.2, 0.25) is 0 Å². The van der Waals surface area contributed by atoms with Crippen LogP contribution in [0.25, 0.3) is 0 Å². The van der Waals surface area contributed by atoms with E-state index in [0.29, 0.717) is 13.2 Å². The predicted molar refractivity (Wildman–Crippen MR) is 36.4 cm³/mol. The van der Waals surface area contributed by atoms with Crippen LogP contribution in [0.5, 0.6) is 0 Å².